The van der Waals surface area contributed by atoms with Crippen LogP contribution in [0.2, 0.25) is 0 Å². The average molecular weight is 537 g/mol. The number of thiazole rings is 1. The number of anilines is 1. The van der Waals surface area contributed by atoms with Gasteiger partial charge >= 0.3 is 0 Å². The van der Waals surface area contributed by atoms with Crippen LogP contribution in [0.5, 0.6) is 34.5 Å². The first-order valence-corrected chi connectivity index (χ1v) is 12.3. The van der Waals surface area contributed by atoms with Gasteiger partial charge in [0.2, 0.25) is 5.75 Å². The van der Waals surface area contributed by atoms with Crippen molar-refractivity contribution >= 4 is 44.2 Å². The largest absolute Gasteiger partial charge is 0.497 e. The van der Waals surface area contributed by atoms with Crippen molar-refractivity contribution in [3.8, 4) is 34.5 Å². The number of aromatic nitrogens is 1. The third-order valence-electron chi connectivity index (χ3n) is 5.75. The van der Waals surface area contributed by atoms with Gasteiger partial charge in [-0.3, -0.25) is 10.1 Å². The molecule has 1 N–H and O–H groups in total. The first-order chi connectivity index (χ1) is 18.4. The van der Waals surface area contributed by atoms with E-state index in [1.165, 1.54) is 32.7 Å². The van der Waals surface area contributed by atoms with Crippen molar-refractivity contribution < 1.29 is 33.2 Å². The second kappa shape index (κ2) is 11.7. The van der Waals surface area contributed by atoms with Gasteiger partial charge < -0.3 is 28.4 Å². The van der Waals surface area contributed by atoms with E-state index in [4.69, 9.17) is 28.4 Å². The van der Waals surface area contributed by atoms with E-state index in [0.717, 1.165) is 10.2 Å². The SMILES string of the molecule is COc1ccc2nc(NC(=O)/C(=C/c3cc(OC)c(OC)c(OC)c3)c3ccc(OC)c(OC)c3)sc2c1. The summed E-state index contributed by atoms with van der Waals surface area (Å²) < 4.78 is 33.5. The molecular weight excluding hydrogens is 508 g/mol. The Morgan fingerprint density at radius 2 is 1.45 bits per heavy atom. The van der Waals surface area contributed by atoms with Crippen molar-refractivity contribution in [3.05, 3.63) is 59.7 Å². The number of carbonyl (C=O) groups excluding carboxylic acids is 1. The fraction of sp³-hybridized carbons (Fsp3) is 0.214. The van der Waals surface area contributed by atoms with E-state index < -0.39 is 0 Å². The summed E-state index contributed by atoms with van der Waals surface area (Å²) in [6, 6.07) is 14.4. The van der Waals surface area contributed by atoms with E-state index in [1.807, 2.05) is 18.2 Å². The van der Waals surface area contributed by atoms with Crippen LogP contribution in [0.3, 0.4) is 0 Å². The van der Waals surface area contributed by atoms with Gasteiger partial charge in [-0.25, -0.2) is 4.98 Å². The Morgan fingerprint density at radius 1 is 0.763 bits per heavy atom. The molecule has 38 heavy (non-hydrogen) atoms. The Balaban J connectivity index is 1.81. The molecule has 0 spiro atoms. The maximum atomic E-state index is 13.7. The third kappa shape index (κ3) is 5.45. The van der Waals surface area contributed by atoms with Gasteiger partial charge in [0.25, 0.3) is 5.91 Å². The Labute approximate surface area is 224 Å². The lowest BCUT2D eigenvalue weighted by atomic mass is 10.0. The number of fused-ring (bicyclic) bond motifs is 1. The summed E-state index contributed by atoms with van der Waals surface area (Å²) in [6.07, 6.45) is 1.73. The zero-order valence-corrected chi connectivity index (χ0v) is 22.7. The Bertz CT molecular complexity index is 1470. The molecule has 0 unspecified atom stereocenters. The molecule has 0 fully saturated rings. The molecule has 198 valence electrons. The number of hydrogen-bond acceptors (Lipinski definition) is 9. The van der Waals surface area contributed by atoms with Crippen LogP contribution in [-0.2, 0) is 4.79 Å². The minimum atomic E-state index is -0.364. The van der Waals surface area contributed by atoms with Crippen molar-refractivity contribution in [1.82, 2.24) is 4.98 Å². The summed E-state index contributed by atoms with van der Waals surface area (Å²) in [7, 11) is 9.31. The monoisotopic (exact) mass is 536 g/mol. The highest BCUT2D eigenvalue weighted by Crippen LogP contribution is 2.40. The summed E-state index contributed by atoms with van der Waals surface area (Å²) in [5.74, 6) is 2.76. The predicted octanol–water partition coefficient (Wildman–Crippen LogP) is 5.53. The van der Waals surface area contributed by atoms with E-state index in [-0.39, 0.29) is 5.91 Å². The van der Waals surface area contributed by atoms with Gasteiger partial charge in [0.15, 0.2) is 28.1 Å². The fourth-order valence-corrected chi connectivity index (χ4v) is 4.77. The number of carbonyl (C=O) groups is 1. The number of nitrogens with zero attached hydrogens (tertiary/aromatic N) is 1. The molecule has 3 aromatic carbocycles. The van der Waals surface area contributed by atoms with Gasteiger partial charge in [0.1, 0.15) is 5.75 Å². The second-order valence-electron chi connectivity index (χ2n) is 7.89. The first kappa shape index (κ1) is 26.6. The van der Waals surface area contributed by atoms with Gasteiger partial charge in [0.05, 0.1) is 52.9 Å². The summed E-state index contributed by atoms with van der Waals surface area (Å²) in [5, 5.41) is 3.39. The first-order valence-electron chi connectivity index (χ1n) is 11.4. The fourth-order valence-electron chi connectivity index (χ4n) is 3.88. The molecule has 0 atom stereocenters. The topological polar surface area (TPSA) is 97.4 Å². The van der Waals surface area contributed by atoms with E-state index >= 15 is 0 Å². The lowest BCUT2D eigenvalue weighted by molar-refractivity contribution is -0.111. The van der Waals surface area contributed by atoms with Gasteiger partial charge in [-0.05, 0) is 59.7 Å². The van der Waals surface area contributed by atoms with E-state index in [2.05, 4.69) is 10.3 Å². The molecule has 4 rings (SSSR count). The number of amides is 1. The zero-order chi connectivity index (χ0) is 27.2. The molecule has 0 aliphatic carbocycles. The van der Waals surface area contributed by atoms with Crippen LogP contribution >= 0.6 is 11.3 Å². The minimum Gasteiger partial charge on any atom is -0.497 e. The normalized spacial score (nSPS) is 11.2. The molecule has 1 heterocycles. The lowest BCUT2D eigenvalue weighted by Crippen LogP contribution is -2.13. The minimum absolute atomic E-state index is 0.358. The number of ether oxygens (including phenoxy) is 6. The summed E-state index contributed by atoms with van der Waals surface area (Å²) >= 11 is 1.35. The molecule has 4 aromatic rings. The summed E-state index contributed by atoms with van der Waals surface area (Å²) in [6.45, 7) is 0. The Hall–Kier alpha value is -4.44. The number of nitrogens with one attached hydrogen (secondary N) is 1. The van der Waals surface area contributed by atoms with Crippen molar-refractivity contribution in [1.29, 1.82) is 0 Å². The van der Waals surface area contributed by atoms with Crippen LogP contribution < -0.4 is 33.7 Å². The zero-order valence-electron chi connectivity index (χ0n) is 21.9. The average Bonchev–Trinajstić information content (AvgIpc) is 3.35. The van der Waals surface area contributed by atoms with Crippen LogP contribution in [0.25, 0.3) is 21.9 Å². The van der Waals surface area contributed by atoms with Crippen molar-refractivity contribution in [3.63, 3.8) is 0 Å². The molecule has 1 aromatic heterocycles. The molecule has 0 saturated carbocycles. The van der Waals surface area contributed by atoms with Gasteiger partial charge in [-0.15, -0.1) is 0 Å². The van der Waals surface area contributed by atoms with E-state index in [0.29, 0.717) is 56.3 Å². The van der Waals surface area contributed by atoms with Gasteiger partial charge in [0, 0.05) is 5.57 Å². The standard InChI is InChI=1S/C28H28N2O7S/c1-32-18-8-9-20-25(15-18)38-28(29-20)30-27(31)19(17-7-10-21(33-2)22(14-17)34-3)11-16-12-23(35-4)26(37-6)24(13-16)36-5/h7-15H,1-6H3,(H,29,30,31)/b19-11+. The molecule has 0 radical (unpaired) electrons. The molecule has 1 amide bonds. The molecule has 9 nitrogen and oxygen atoms in total. The van der Waals surface area contributed by atoms with Crippen LogP contribution in [-0.4, -0.2) is 53.5 Å². The maximum absolute atomic E-state index is 13.7. The third-order valence-corrected chi connectivity index (χ3v) is 6.69. The summed E-state index contributed by atoms with van der Waals surface area (Å²) in [4.78, 5) is 18.3. The predicted molar refractivity (Wildman–Crippen MR) is 148 cm³/mol. The van der Waals surface area contributed by atoms with Crippen LogP contribution in [0.15, 0.2) is 48.5 Å². The number of rotatable bonds is 10. The van der Waals surface area contributed by atoms with E-state index in [1.54, 1.807) is 57.7 Å². The van der Waals surface area contributed by atoms with Crippen LogP contribution in [0, 0.1) is 0 Å². The Morgan fingerprint density at radius 3 is 2.05 bits per heavy atom. The smallest absolute Gasteiger partial charge is 0.258 e. The van der Waals surface area contributed by atoms with E-state index in [9.17, 15) is 4.79 Å². The quantitative estimate of drug-likeness (QED) is 0.209. The molecule has 10 heteroatoms. The maximum Gasteiger partial charge on any atom is 0.258 e. The lowest BCUT2D eigenvalue weighted by Gasteiger charge is -2.15. The van der Waals surface area contributed by atoms with Crippen LogP contribution in [0.1, 0.15) is 11.1 Å². The highest BCUT2D eigenvalue weighted by Gasteiger charge is 2.19. The molecule has 0 aliphatic heterocycles. The summed E-state index contributed by atoms with van der Waals surface area (Å²) in [5.41, 5.74) is 2.38. The van der Waals surface area contributed by atoms with Crippen molar-refractivity contribution in [2.45, 2.75) is 0 Å². The highest BCUT2D eigenvalue weighted by atomic mass is 32.1. The molecule has 0 saturated heterocycles. The molecular formula is C28H28N2O7S. The van der Waals surface area contributed by atoms with Gasteiger partial charge in [-0.1, -0.05) is 17.4 Å². The van der Waals surface area contributed by atoms with Crippen molar-refractivity contribution in [2.24, 2.45) is 0 Å². The van der Waals surface area contributed by atoms with Crippen molar-refractivity contribution in [2.75, 3.05) is 48.0 Å². The number of methoxy groups -OCH3 is 6. The number of hydrogen-bond donors (Lipinski definition) is 1. The Kier molecular flexibility index (Phi) is 8.22. The molecule has 0 bridgehead atoms. The second-order valence-corrected chi connectivity index (χ2v) is 8.92. The number of benzene rings is 3. The van der Waals surface area contributed by atoms with Gasteiger partial charge in [-0.2, -0.15) is 0 Å². The highest BCUT2D eigenvalue weighted by molar-refractivity contribution is 7.22. The van der Waals surface area contributed by atoms with Crippen LogP contribution in [0.4, 0.5) is 5.13 Å². The molecule has 0 aliphatic rings.